The lowest BCUT2D eigenvalue weighted by molar-refractivity contribution is 0.0622. The molecule has 0 saturated carbocycles. The first-order valence-corrected chi connectivity index (χ1v) is 9.91. The van der Waals surface area contributed by atoms with E-state index in [0.29, 0.717) is 5.69 Å². The molecular formula is C23H26N4O2. The number of carbonyl (C=O) groups excluding carboxylic acids is 1. The molecule has 1 fully saturated rings. The van der Waals surface area contributed by atoms with E-state index in [1.54, 1.807) is 11.8 Å². The van der Waals surface area contributed by atoms with E-state index in [9.17, 15) is 4.79 Å². The number of amides is 1. The monoisotopic (exact) mass is 390 g/mol. The summed E-state index contributed by atoms with van der Waals surface area (Å²) in [4.78, 5) is 17.3. The van der Waals surface area contributed by atoms with Crippen LogP contribution in [-0.2, 0) is 6.54 Å². The summed E-state index contributed by atoms with van der Waals surface area (Å²) >= 11 is 0. The Hall–Kier alpha value is -3.12. The molecule has 0 unspecified atom stereocenters. The van der Waals surface area contributed by atoms with Gasteiger partial charge in [0.15, 0.2) is 5.69 Å². The molecule has 3 aromatic rings. The van der Waals surface area contributed by atoms with E-state index >= 15 is 0 Å². The largest absolute Gasteiger partial charge is 0.497 e. The summed E-state index contributed by atoms with van der Waals surface area (Å²) in [6, 6.07) is 20.0. The first-order chi connectivity index (χ1) is 14.1. The number of hydrogen-bond acceptors (Lipinski definition) is 4. The van der Waals surface area contributed by atoms with E-state index in [4.69, 9.17) is 4.74 Å². The van der Waals surface area contributed by atoms with Gasteiger partial charge in [-0.25, -0.2) is 4.68 Å². The van der Waals surface area contributed by atoms with Crippen LogP contribution >= 0.6 is 0 Å². The van der Waals surface area contributed by atoms with E-state index in [-0.39, 0.29) is 5.91 Å². The predicted octanol–water partition coefficient (Wildman–Crippen LogP) is 3.15. The van der Waals surface area contributed by atoms with Gasteiger partial charge in [-0.1, -0.05) is 36.4 Å². The van der Waals surface area contributed by atoms with Crippen LogP contribution in [0.25, 0.3) is 5.69 Å². The smallest absolute Gasteiger partial charge is 0.274 e. The predicted molar refractivity (Wildman–Crippen MR) is 112 cm³/mol. The summed E-state index contributed by atoms with van der Waals surface area (Å²) in [6.45, 7) is 6.06. The Bertz CT molecular complexity index is 976. The fourth-order valence-corrected chi connectivity index (χ4v) is 3.70. The number of rotatable bonds is 5. The number of aromatic nitrogens is 2. The van der Waals surface area contributed by atoms with Gasteiger partial charge in [-0.2, -0.15) is 5.10 Å². The van der Waals surface area contributed by atoms with Crippen molar-refractivity contribution >= 4 is 5.91 Å². The summed E-state index contributed by atoms with van der Waals surface area (Å²) in [5, 5.41) is 4.57. The highest BCUT2D eigenvalue weighted by molar-refractivity contribution is 5.92. The fraction of sp³-hybridized carbons (Fsp3) is 0.304. The van der Waals surface area contributed by atoms with E-state index in [1.165, 1.54) is 5.56 Å². The van der Waals surface area contributed by atoms with Gasteiger partial charge in [0.05, 0.1) is 12.8 Å². The van der Waals surface area contributed by atoms with Crippen molar-refractivity contribution in [1.29, 1.82) is 0 Å². The van der Waals surface area contributed by atoms with Crippen molar-refractivity contribution in [1.82, 2.24) is 19.6 Å². The molecule has 6 heteroatoms. The lowest BCUT2D eigenvalue weighted by Gasteiger charge is -2.34. The molecule has 1 aliphatic heterocycles. The standard InChI is InChI=1S/C23H26N4O2/c1-18-15-22(24-27(18)20-9-6-10-21(16-20)29-2)23(28)26-13-11-25(12-14-26)17-19-7-4-3-5-8-19/h3-10,15-16H,11-14,17H2,1-2H3. The third-order valence-electron chi connectivity index (χ3n) is 5.31. The molecule has 0 N–H and O–H groups in total. The second kappa shape index (κ2) is 8.49. The van der Waals surface area contributed by atoms with Crippen LogP contribution in [0.1, 0.15) is 21.7 Å². The molecule has 1 aromatic heterocycles. The second-order valence-corrected chi connectivity index (χ2v) is 7.34. The highest BCUT2D eigenvalue weighted by Gasteiger charge is 2.24. The molecule has 1 amide bonds. The minimum absolute atomic E-state index is 0.00546. The van der Waals surface area contributed by atoms with Gasteiger partial charge in [0, 0.05) is 44.5 Å². The van der Waals surface area contributed by atoms with E-state index in [2.05, 4.69) is 34.3 Å². The van der Waals surface area contributed by atoms with E-state index < -0.39 is 0 Å². The van der Waals surface area contributed by atoms with Gasteiger partial charge in [0.1, 0.15) is 5.75 Å². The van der Waals surface area contributed by atoms with Gasteiger partial charge in [0.2, 0.25) is 0 Å². The SMILES string of the molecule is COc1cccc(-n2nc(C(=O)N3CCN(Cc4ccccc4)CC3)cc2C)c1. The zero-order chi connectivity index (χ0) is 20.2. The topological polar surface area (TPSA) is 50.6 Å². The quantitative estimate of drug-likeness (QED) is 0.672. The average molecular weight is 390 g/mol. The normalized spacial score (nSPS) is 14.8. The maximum atomic E-state index is 13.0. The van der Waals surface area contributed by atoms with Crippen LogP contribution in [0.4, 0.5) is 0 Å². The number of piperazine rings is 1. The summed E-state index contributed by atoms with van der Waals surface area (Å²) < 4.78 is 7.09. The van der Waals surface area contributed by atoms with Gasteiger partial charge in [0.25, 0.3) is 5.91 Å². The second-order valence-electron chi connectivity index (χ2n) is 7.34. The van der Waals surface area contributed by atoms with Gasteiger partial charge in [-0.15, -0.1) is 0 Å². The van der Waals surface area contributed by atoms with Crippen LogP contribution in [0.5, 0.6) is 5.75 Å². The lowest BCUT2D eigenvalue weighted by atomic mass is 10.2. The zero-order valence-corrected chi connectivity index (χ0v) is 16.9. The number of ether oxygens (including phenoxy) is 1. The maximum Gasteiger partial charge on any atom is 0.274 e. The molecule has 0 atom stereocenters. The van der Waals surface area contributed by atoms with Crippen LogP contribution in [0, 0.1) is 6.92 Å². The van der Waals surface area contributed by atoms with E-state index in [1.807, 2.05) is 48.2 Å². The molecular weight excluding hydrogens is 364 g/mol. The average Bonchev–Trinajstić information content (AvgIpc) is 3.16. The lowest BCUT2D eigenvalue weighted by Crippen LogP contribution is -2.48. The number of carbonyl (C=O) groups is 1. The Morgan fingerprint density at radius 2 is 1.76 bits per heavy atom. The molecule has 29 heavy (non-hydrogen) atoms. The molecule has 4 rings (SSSR count). The third kappa shape index (κ3) is 4.32. The molecule has 2 aromatic carbocycles. The van der Waals surface area contributed by atoms with Gasteiger partial charge in [-0.3, -0.25) is 9.69 Å². The van der Waals surface area contributed by atoms with Crippen molar-refractivity contribution in [2.24, 2.45) is 0 Å². The first kappa shape index (κ1) is 19.2. The Morgan fingerprint density at radius 1 is 1.00 bits per heavy atom. The maximum absolute atomic E-state index is 13.0. The van der Waals surface area contributed by atoms with Crippen LogP contribution in [-0.4, -0.2) is 58.8 Å². The molecule has 0 bridgehead atoms. The molecule has 0 aliphatic carbocycles. The molecule has 2 heterocycles. The minimum atomic E-state index is -0.00546. The summed E-state index contributed by atoms with van der Waals surface area (Å²) in [5.41, 5.74) is 3.60. The molecule has 0 spiro atoms. The number of aryl methyl sites for hydroxylation is 1. The van der Waals surface area contributed by atoms with Gasteiger partial charge < -0.3 is 9.64 Å². The number of nitrogens with zero attached hydrogens (tertiary/aromatic N) is 4. The molecule has 6 nitrogen and oxygen atoms in total. The Balaban J connectivity index is 1.41. The highest BCUT2D eigenvalue weighted by Crippen LogP contribution is 2.19. The van der Waals surface area contributed by atoms with Crippen molar-refractivity contribution < 1.29 is 9.53 Å². The van der Waals surface area contributed by atoms with Crippen molar-refractivity contribution in [2.45, 2.75) is 13.5 Å². The highest BCUT2D eigenvalue weighted by atomic mass is 16.5. The van der Waals surface area contributed by atoms with Crippen molar-refractivity contribution in [3.8, 4) is 11.4 Å². The van der Waals surface area contributed by atoms with Crippen molar-refractivity contribution in [3.63, 3.8) is 0 Å². The summed E-state index contributed by atoms with van der Waals surface area (Å²) in [6.07, 6.45) is 0. The summed E-state index contributed by atoms with van der Waals surface area (Å²) in [5.74, 6) is 0.758. The minimum Gasteiger partial charge on any atom is -0.497 e. The zero-order valence-electron chi connectivity index (χ0n) is 16.9. The van der Waals surface area contributed by atoms with Crippen molar-refractivity contribution in [3.05, 3.63) is 77.6 Å². The number of hydrogen-bond donors (Lipinski definition) is 0. The number of methoxy groups -OCH3 is 1. The van der Waals surface area contributed by atoms with Crippen LogP contribution in [0.2, 0.25) is 0 Å². The Kier molecular flexibility index (Phi) is 5.62. The Labute approximate surface area is 171 Å². The van der Waals surface area contributed by atoms with E-state index in [0.717, 1.165) is 49.9 Å². The van der Waals surface area contributed by atoms with Crippen LogP contribution in [0.3, 0.4) is 0 Å². The molecule has 150 valence electrons. The number of benzene rings is 2. The molecule has 1 aliphatic rings. The molecule has 0 radical (unpaired) electrons. The van der Waals surface area contributed by atoms with Crippen LogP contribution < -0.4 is 4.74 Å². The van der Waals surface area contributed by atoms with Gasteiger partial charge in [-0.05, 0) is 30.7 Å². The fourth-order valence-electron chi connectivity index (χ4n) is 3.70. The third-order valence-corrected chi connectivity index (χ3v) is 5.31. The summed E-state index contributed by atoms with van der Waals surface area (Å²) in [7, 11) is 1.64. The Morgan fingerprint density at radius 3 is 2.48 bits per heavy atom. The first-order valence-electron chi connectivity index (χ1n) is 9.91. The molecule has 1 saturated heterocycles. The van der Waals surface area contributed by atoms with Gasteiger partial charge >= 0.3 is 0 Å². The van der Waals surface area contributed by atoms with Crippen LogP contribution in [0.15, 0.2) is 60.7 Å². The van der Waals surface area contributed by atoms with Crippen molar-refractivity contribution in [2.75, 3.05) is 33.3 Å².